The number of carbonyl (C=O) groups excluding carboxylic acids is 1. The molecule has 1 aromatic carbocycles. The lowest BCUT2D eigenvalue weighted by atomic mass is 10.2. The van der Waals surface area contributed by atoms with Crippen molar-refractivity contribution in [3.8, 4) is 11.6 Å². The summed E-state index contributed by atoms with van der Waals surface area (Å²) in [5, 5.41) is 6.10. The maximum atomic E-state index is 11.7. The fourth-order valence-corrected chi connectivity index (χ4v) is 3.39. The minimum Gasteiger partial charge on any atom is -0.489 e. The molecule has 0 saturated carbocycles. The number of hydrogen-bond acceptors (Lipinski definition) is 8. The monoisotopic (exact) mass is 448 g/mol. The molecule has 2 N–H and O–H groups in total. The summed E-state index contributed by atoms with van der Waals surface area (Å²) >= 11 is 0. The van der Waals surface area contributed by atoms with Gasteiger partial charge < -0.3 is 25.0 Å². The van der Waals surface area contributed by atoms with Crippen LogP contribution in [-0.4, -0.2) is 40.6 Å². The fourth-order valence-electron chi connectivity index (χ4n) is 3.39. The number of ether oxygens (including phenoxy) is 2. The smallest absolute Gasteiger partial charge is 0.244 e. The zero-order valence-corrected chi connectivity index (χ0v) is 19.3. The van der Waals surface area contributed by atoms with Crippen molar-refractivity contribution in [1.29, 1.82) is 0 Å². The Labute approximate surface area is 193 Å². The van der Waals surface area contributed by atoms with Crippen molar-refractivity contribution in [3.05, 3.63) is 59.4 Å². The van der Waals surface area contributed by atoms with E-state index in [2.05, 4.69) is 25.6 Å². The van der Waals surface area contributed by atoms with E-state index >= 15 is 0 Å². The summed E-state index contributed by atoms with van der Waals surface area (Å²) in [6.45, 7) is 7.07. The summed E-state index contributed by atoms with van der Waals surface area (Å²) in [5.74, 6) is 2.56. The SMILES string of the molecule is Cc1nc(NCc2ccc(OCc3ccc(OC(C)C)nc3)cc2)nc2c1NC(=O)CN2C. The van der Waals surface area contributed by atoms with Crippen molar-refractivity contribution in [1.82, 2.24) is 15.0 Å². The van der Waals surface area contributed by atoms with E-state index in [9.17, 15) is 4.79 Å². The number of hydrogen-bond donors (Lipinski definition) is 2. The van der Waals surface area contributed by atoms with Crippen LogP contribution in [0.2, 0.25) is 0 Å². The maximum Gasteiger partial charge on any atom is 0.244 e. The molecular formula is C24H28N6O3. The number of nitrogens with zero attached hydrogens (tertiary/aromatic N) is 4. The number of carbonyl (C=O) groups is 1. The van der Waals surface area contributed by atoms with Gasteiger partial charge in [-0.25, -0.2) is 9.97 Å². The summed E-state index contributed by atoms with van der Waals surface area (Å²) in [6, 6.07) is 11.7. The molecule has 3 aromatic rings. The predicted octanol–water partition coefficient (Wildman–Crippen LogP) is 3.55. The van der Waals surface area contributed by atoms with Gasteiger partial charge in [0.2, 0.25) is 17.7 Å². The Balaban J connectivity index is 1.31. The van der Waals surface area contributed by atoms with Gasteiger partial charge in [0.25, 0.3) is 0 Å². The minimum absolute atomic E-state index is 0.0619. The molecule has 0 bridgehead atoms. The van der Waals surface area contributed by atoms with E-state index in [0.717, 1.165) is 22.6 Å². The highest BCUT2D eigenvalue weighted by Crippen LogP contribution is 2.29. The quantitative estimate of drug-likeness (QED) is 0.540. The Hall–Kier alpha value is -3.88. The van der Waals surface area contributed by atoms with Gasteiger partial charge in [0.1, 0.15) is 18.0 Å². The molecule has 0 spiro atoms. The van der Waals surface area contributed by atoms with Gasteiger partial charge in [0.15, 0.2) is 5.82 Å². The van der Waals surface area contributed by atoms with E-state index in [1.807, 2.05) is 69.1 Å². The highest BCUT2D eigenvalue weighted by atomic mass is 16.5. The molecule has 0 unspecified atom stereocenters. The van der Waals surface area contributed by atoms with Crippen molar-refractivity contribution in [2.75, 3.05) is 29.1 Å². The largest absolute Gasteiger partial charge is 0.489 e. The van der Waals surface area contributed by atoms with Crippen LogP contribution in [0.4, 0.5) is 17.5 Å². The highest BCUT2D eigenvalue weighted by Gasteiger charge is 2.23. The number of nitrogens with one attached hydrogen (secondary N) is 2. The molecule has 1 aliphatic rings. The van der Waals surface area contributed by atoms with Crippen LogP contribution in [0.3, 0.4) is 0 Å². The fraction of sp³-hybridized carbons (Fsp3) is 0.333. The van der Waals surface area contributed by atoms with Crippen LogP contribution in [0.25, 0.3) is 0 Å². The third-order valence-electron chi connectivity index (χ3n) is 5.01. The topological polar surface area (TPSA) is 102 Å². The van der Waals surface area contributed by atoms with E-state index in [1.165, 1.54) is 0 Å². The number of pyridine rings is 1. The molecule has 0 radical (unpaired) electrons. The lowest BCUT2D eigenvalue weighted by Gasteiger charge is -2.27. The van der Waals surface area contributed by atoms with Crippen LogP contribution in [-0.2, 0) is 17.9 Å². The lowest BCUT2D eigenvalue weighted by molar-refractivity contribution is -0.115. The van der Waals surface area contributed by atoms with Gasteiger partial charge in [0.05, 0.1) is 18.3 Å². The summed E-state index contributed by atoms with van der Waals surface area (Å²) in [4.78, 5) is 26.9. The summed E-state index contributed by atoms with van der Waals surface area (Å²) in [5.41, 5.74) is 3.43. The second-order valence-electron chi connectivity index (χ2n) is 8.19. The molecule has 9 nitrogen and oxygen atoms in total. The van der Waals surface area contributed by atoms with Crippen LogP contribution in [0.1, 0.15) is 30.7 Å². The van der Waals surface area contributed by atoms with Gasteiger partial charge in [0, 0.05) is 31.4 Å². The molecule has 1 amide bonds. The number of anilines is 3. The number of fused-ring (bicyclic) bond motifs is 1. The Bertz CT molecular complexity index is 1120. The lowest BCUT2D eigenvalue weighted by Crippen LogP contribution is -2.36. The molecule has 172 valence electrons. The van der Waals surface area contributed by atoms with Gasteiger partial charge in [-0.05, 0) is 44.5 Å². The zero-order chi connectivity index (χ0) is 23.4. The summed E-state index contributed by atoms with van der Waals surface area (Å²) in [6.07, 6.45) is 1.86. The van der Waals surface area contributed by atoms with Gasteiger partial charge in [-0.2, -0.15) is 4.98 Å². The summed E-state index contributed by atoms with van der Waals surface area (Å²) < 4.78 is 11.4. The number of aromatic nitrogens is 3. The zero-order valence-electron chi connectivity index (χ0n) is 19.3. The molecule has 0 saturated heterocycles. The second kappa shape index (κ2) is 9.72. The Morgan fingerprint density at radius 3 is 2.58 bits per heavy atom. The predicted molar refractivity (Wildman–Crippen MR) is 127 cm³/mol. The molecule has 9 heteroatoms. The highest BCUT2D eigenvalue weighted by molar-refractivity contribution is 6.00. The molecule has 0 fully saturated rings. The first kappa shape index (κ1) is 22.3. The molecule has 1 aliphatic heterocycles. The number of aryl methyl sites for hydroxylation is 1. The molecule has 2 aromatic heterocycles. The van der Waals surface area contributed by atoms with Gasteiger partial charge in [-0.3, -0.25) is 4.79 Å². The number of amides is 1. The van der Waals surface area contributed by atoms with Crippen LogP contribution in [0.5, 0.6) is 11.6 Å². The van der Waals surface area contributed by atoms with Crippen molar-refractivity contribution < 1.29 is 14.3 Å². The van der Waals surface area contributed by atoms with E-state index in [0.29, 0.717) is 36.5 Å². The number of rotatable bonds is 8. The minimum atomic E-state index is -0.0619. The summed E-state index contributed by atoms with van der Waals surface area (Å²) in [7, 11) is 1.84. The molecule has 4 rings (SSSR count). The first-order valence-corrected chi connectivity index (χ1v) is 10.8. The third-order valence-corrected chi connectivity index (χ3v) is 5.01. The number of likely N-dealkylation sites (N-methyl/N-ethyl adjacent to an activating group) is 1. The Morgan fingerprint density at radius 2 is 1.88 bits per heavy atom. The Morgan fingerprint density at radius 1 is 1.12 bits per heavy atom. The maximum absolute atomic E-state index is 11.7. The van der Waals surface area contributed by atoms with Crippen molar-refractivity contribution >= 4 is 23.4 Å². The standard InChI is InChI=1S/C24H28N6O3/c1-15(2)33-21-10-7-18(12-25-21)14-32-19-8-5-17(6-9-19)11-26-24-27-16(3)22-23(29-24)30(4)13-20(31)28-22/h5-10,12,15H,11,13-14H2,1-4H3,(H,28,31)(H,26,27,29). The van der Waals surface area contributed by atoms with Crippen LogP contribution in [0.15, 0.2) is 42.6 Å². The van der Waals surface area contributed by atoms with E-state index in [1.54, 1.807) is 6.20 Å². The van der Waals surface area contributed by atoms with Gasteiger partial charge in [-0.15, -0.1) is 0 Å². The van der Waals surface area contributed by atoms with Crippen molar-refractivity contribution in [2.24, 2.45) is 0 Å². The van der Waals surface area contributed by atoms with E-state index in [4.69, 9.17) is 9.47 Å². The van der Waals surface area contributed by atoms with Crippen LogP contribution >= 0.6 is 0 Å². The Kier molecular flexibility index (Phi) is 6.58. The molecule has 3 heterocycles. The molecular weight excluding hydrogens is 420 g/mol. The van der Waals surface area contributed by atoms with E-state index in [-0.39, 0.29) is 18.6 Å². The van der Waals surface area contributed by atoms with Crippen LogP contribution < -0.4 is 25.0 Å². The average Bonchev–Trinajstić information content (AvgIpc) is 2.78. The third kappa shape index (κ3) is 5.68. The van der Waals surface area contributed by atoms with E-state index < -0.39 is 0 Å². The van der Waals surface area contributed by atoms with Gasteiger partial charge in [-0.1, -0.05) is 12.1 Å². The van der Waals surface area contributed by atoms with Crippen molar-refractivity contribution in [2.45, 2.75) is 40.0 Å². The second-order valence-corrected chi connectivity index (χ2v) is 8.19. The normalized spacial score (nSPS) is 12.9. The van der Waals surface area contributed by atoms with Gasteiger partial charge >= 0.3 is 0 Å². The van der Waals surface area contributed by atoms with Crippen molar-refractivity contribution in [3.63, 3.8) is 0 Å². The first-order valence-electron chi connectivity index (χ1n) is 10.8. The molecule has 0 atom stereocenters. The molecule has 0 aliphatic carbocycles. The number of benzene rings is 1. The van der Waals surface area contributed by atoms with Crippen LogP contribution in [0, 0.1) is 6.92 Å². The first-order chi connectivity index (χ1) is 15.9. The average molecular weight is 449 g/mol. The molecule has 33 heavy (non-hydrogen) atoms.